The fraction of sp³-hybridized carbons (Fsp3) is 0.571. The predicted molar refractivity (Wildman–Crippen MR) is 77.1 cm³/mol. The standard InChI is InChI=1S/C14H23NO3S/c1-10(2)6-7-15-19(16,17)13-8-11(3)14(18-5)12(4)9-13/h8-10,15H,6-7H2,1-5H3. The number of nitrogens with one attached hydrogen (secondary N) is 1. The van der Waals surface area contributed by atoms with Crippen molar-refractivity contribution < 1.29 is 13.2 Å². The van der Waals surface area contributed by atoms with Crippen LogP contribution in [-0.2, 0) is 10.0 Å². The third kappa shape index (κ3) is 4.21. The predicted octanol–water partition coefficient (Wildman–Crippen LogP) is 2.64. The number of hydrogen-bond acceptors (Lipinski definition) is 3. The van der Waals surface area contributed by atoms with Gasteiger partial charge in [-0.3, -0.25) is 0 Å². The Balaban J connectivity index is 2.96. The fourth-order valence-corrected chi connectivity index (χ4v) is 3.17. The van der Waals surface area contributed by atoms with Crippen LogP contribution in [0.15, 0.2) is 17.0 Å². The van der Waals surface area contributed by atoms with E-state index in [0.29, 0.717) is 17.4 Å². The van der Waals surface area contributed by atoms with Crippen LogP contribution in [0.1, 0.15) is 31.4 Å². The van der Waals surface area contributed by atoms with Gasteiger partial charge in [0.1, 0.15) is 5.75 Å². The van der Waals surface area contributed by atoms with Crippen LogP contribution < -0.4 is 9.46 Å². The highest BCUT2D eigenvalue weighted by Gasteiger charge is 2.16. The second-order valence-electron chi connectivity index (χ2n) is 5.17. The Labute approximate surface area is 116 Å². The second-order valence-corrected chi connectivity index (χ2v) is 6.94. The zero-order valence-electron chi connectivity index (χ0n) is 12.3. The molecule has 0 spiro atoms. The summed E-state index contributed by atoms with van der Waals surface area (Å²) in [5, 5.41) is 0. The van der Waals surface area contributed by atoms with Crippen molar-refractivity contribution in [3.63, 3.8) is 0 Å². The van der Waals surface area contributed by atoms with Crippen molar-refractivity contribution in [1.82, 2.24) is 4.72 Å². The lowest BCUT2D eigenvalue weighted by Crippen LogP contribution is -2.25. The third-order valence-electron chi connectivity index (χ3n) is 2.96. The van der Waals surface area contributed by atoms with Gasteiger partial charge in [0.05, 0.1) is 12.0 Å². The Morgan fingerprint density at radius 2 is 1.74 bits per heavy atom. The molecule has 1 rings (SSSR count). The van der Waals surface area contributed by atoms with Gasteiger partial charge < -0.3 is 4.74 Å². The molecular weight excluding hydrogens is 262 g/mol. The van der Waals surface area contributed by atoms with E-state index in [1.807, 2.05) is 13.8 Å². The van der Waals surface area contributed by atoms with Crippen molar-refractivity contribution in [3.05, 3.63) is 23.3 Å². The van der Waals surface area contributed by atoms with E-state index in [9.17, 15) is 8.42 Å². The lowest BCUT2D eigenvalue weighted by atomic mass is 10.1. The quantitative estimate of drug-likeness (QED) is 0.874. The molecule has 1 N–H and O–H groups in total. The van der Waals surface area contributed by atoms with Crippen LogP contribution in [0.2, 0.25) is 0 Å². The van der Waals surface area contributed by atoms with Crippen LogP contribution in [0.3, 0.4) is 0 Å². The van der Waals surface area contributed by atoms with Crippen LogP contribution in [-0.4, -0.2) is 22.1 Å². The Kier molecular flexibility index (Phi) is 5.38. The molecule has 108 valence electrons. The smallest absolute Gasteiger partial charge is 0.240 e. The van der Waals surface area contributed by atoms with Gasteiger partial charge in [-0.15, -0.1) is 0 Å². The first-order valence-corrected chi connectivity index (χ1v) is 7.91. The van der Waals surface area contributed by atoms with E-state index in [4.69, 9.17) is 4.74 Å². The first-order chi connectivity index (χ1) is 8.77. The minimum atomic E-state index is -3.43. The highest BCUT2D eigenvalue weighted by Crippen LogP contribution is 2.26. The van der Waals surface area contributed by atoms with Crippen molar-refractivity contribution in [2.24, 2.45) is 5.92 Å². The summed E-state index contributed by atoms with van der Waals surface area (Å²) in [6, 6.07) is 3.28. The number of sulfonamides is 1. The summed E-state index contributed by atoms with van der Waals surface area (Å²) in [5.41, 5.74) is 1.65. The average molecular weight is 285 g/mol. The SMILES string of the molecule is COc1c(C)cc(S(=O)(=O)NCCC(C)C)cc1C. The monoisotopic (exact) mass is 285 g/mol. The third-order valence-corrected chi connectivity index (χ3v) is 4.40. The summed E-state index contributed by atoms with van der Waals surface area (Å²) in [6.07, 6.45) is 0.827. The van der Waals surface area contributed by atoms with Gasteiger partial charge in [-0.25, -0.2) is 13.1 Å². The first-order valence-electron chi connectivity index (χ1n) is 6.43. The molecule has 5 heteroatoms. The topological polar surface area (TPSA) is 55.4 Å². The molecule has 0 saturated carbocycles. The molecule has 0 aromatic heterocycles. The summed E-state index contributed by atoms with van der Waals surface area (Å²) >= 11 is 0. The molecule has 19 heavy (non-hydrogen) atoms. The molecule has 0 atom stereocenters. The molecule has 0 unspecified atom stereocenters. The number of ether oxygens (including phenoxy) is 1. The maximum atomic E-state index is 12.2. The molecule has 4 nitrogen and oxygen atoms in total. The Morgan fingerprint density at radius 3 is 2.16 bits per heavy atom. The van der Waals surface area contributed by atoms with Gasteiger partial charge in [0.15, 0.2) is 0 Å². The molecule has 0 aliphatic heterocycles. The molecule has 1 aromatic carbocycles. The molecule has 0 aliphatic carbocycles. The number of hydrogen-bond donors (Lipinski definition) is 1. The van der Waals surface area contributed by atoms with E-state index < -0.39 is 10.0 Å². The second kappa shape index (κ2) is 6.39. The van der Waals surface area contributed by atoms with Crippen LogP contribution in [0.5, 0.6) is 5.75 Å². The van der Waals surface area contributed by atoms with E-state index in [0.717, 1.165) is 23.3 Å². The van der Waals surface area contributed by atoms with Crippen molar-refractivity contribution >= 4 is 10.0 Å². The highest BCUT2D eigenvalue weighted by molar-refractivity contribution is 7.89. The van der Waals surface area contributed by atoms with Crippen LogP contribution in [0, 0.1) is 19.8 Å². The van der Waals surface area contributed by atoms with E-state index in [1.54, 1.807) is 19.2 Å². The van der Waals surface area contributed by atoms with Gasteiger partial charge >= 0.3 is 0 Å². The van der Waals surface area contributed by atoms with E-state index in [2.05, 4.69) is 18.6 Å². The fourth-order valence-electron chi connectivity index (χ4n) is 1.95. The number of rotatable bonds is 6. The minimum absolute atomic E-state index is 0.298. The van der Waals surface area contributed by atoms with Gasteiger partial charge in [0.25, 0.3) is 0 Å². The zero-order valence-corrected chi connectivity index (χ0v) is 13.1. The van der Waals surface area contributed by atoms with Crippen molar-refractivity contribution in [2.75, 3.05) is 13.7 Å². The largest absolute Gasteiger partial charge is 0.496 e. The maximum absolute atomic E-state index is 12.2. The van der Waals surface area contributed by atoms with Gasteiger partial charge in [0, 0.05) is 6.54 Å². The first kappa shape index (κ1) is 16.0. The van der Waals surface area contributed by atoms with Crippen LogP contribution in [0.4, 0.5) is 0 Å². The Bertz CT molecular complexity index is 513. The Hall–Kier alpha value is -1.07. The molecule has 0 bridgehead atoms. The van der Waals surface area contributed by atoms with E-state index in [1.165, 1.54) is 0 Å². The lowest BCUT2D eigenvalue weighted by Gasteiger charge is -2.13. The number of aryl methyl sites for hydroxylation is 2. The molecule has 0 saturated heterocycles. The summed E-state index contributed by atoms with van der Waals surface area (Å²) in [5.74, 6) is 1.21. The van der Waals surface area contributed by atoms with E-state index >= 15 is 0 Å². The zero-order chi connectivity index (χ0) is 14.6. The molecule has 0 aliphatic rings. The molecule has 1 aromatic rings. The number of methoxy groups -OCH3 is 1. The summed E-state index contributed by atoms with van der Waals surface area (Å²) in [6.45, 7) is 8.29. The highest BCUT2D eigenvalue weighted by atomic mass is 32.2. The van der Waals surface area contributed by atoms with Crippen molar-refractivity contribution in [1.29, 1.82) is 0 Å². The maximum Gasteiger partial charge on any atom is 0.240 e. The van der Waals surface area contributed by atoms with Gasteiger partial charge in [-0.1, -0.05) is 13.8 Å². The summed E-state index contributed by atoms with van der Waals surface area (Å²) in [7, 11) is -1.84. The normalized spacial score (nSPS) is 11.9. The van der Waals surface area contributed by atoms with Crippen LogP contribution in [0.25, 0.3) is 0 Å². The molecule has 0 fully saturated rings. The van der Waals surface area contributed by atoms with Gasteiger partial charge in [0.2, 0.25) is 10.0 Å². The minimum Gasteiger partial charge on any atom is -0.496 e. The summed E-state index contributed by atoms with van der Waals surface area (Å²) in [4.78, 5) is 0.298. The molecule has 0 radical (unpaired) electrons. The molecular formula is C14H23NO3S. The Morgan fingerprint density at radius 1 is 1.21 bits per heavy atom. The lowest BCUT2D eigenvalue weighted by molar-refractivity contribution is 0.408. The van der Waals surface area contributed by atoms with Crippen molar-refractivity contribution in [3.8, 4) is 5.75 Å². The summed E-state index contributed by atoms with van der Waals surface area (Å²) < 4.78 is 32.2. The molecule has 0 heterocycles. The van der Waals surface area contributed by atoms with Gasteiger partial charge in [-0.05, 0) is 49.4 Å². The average Bonchev–Trinajstić information content (AvgIpc) is 2.27. The number of benzene rings is 1. The molecule has 0 amide bonds. The van der Waals surface area contributed by atoms with Gasteiger partial charge in [-0.2, -0.15) is 0 Å². The van der Waals surface area contributed by atoms with E-state index in [-0.39, 0.29) is 0 Å². The van der Waals surface area contributed by atoms with Crippen LogP contribution >= 0.6 is 0 Å². The van der Waals surface area contributed by atoms with Crippen molar-refractivity contribution in [2.45, 2.75) is 39.0 Å².